The van der Waals surface area contributed by atoms with Crippen LogP contribution in [0.3, 0.4) is 0 Å². The molecule has 0 bridgehead atoms. The van der Waals surface area contributed by atoms with Gasteiger partial charge in [0, 0.05) is 17.1 Å². The van der Waals surface area contributed by atoms with E-state index in [0.29, 0.717) is 16.9 Å². The summed E-state index contributed by atoms with van der Waals surface area (Å²) >= 11 is 0. The van der Waals surface area contributed by atoms with Crippen molar-refractivity contribution in [1.29, 1.82) is 0 Å². The molecule has 0 radical (unpaired) electrons. The molecule has 0 saturated heterocycles. The zero-order valence-electron chi connectivity index (χ0n) is 8.92. The third-order valence-electron chi connectivity index (χ3n) is 2.57. The summed E-state index contributed by atoms with van der Waals surface area (Å²) < 4.78 is 0. The van der Waals surface area contributed by atoms with Crippen molar-refractivity contribution >= 4 is 16.8 Å². The van der Waals surface area contributed by atoms with E-state index in [9.17, 15) is 4.79 Å². The molecule has 0 aliphatic heterocycles. The molecule has 1 aromatic carbocycles. The normalized spacial score (nSPS) is 10.6. The van der Waals surface area contributed by atoms with Gasteiger partial charge in [-0.1, -0.05) is 30.3 Å². The lowest BCUT2D eigenvalue weighted by Gasteiger charge is -1.96. The molecule has 1 N–H and O–H groups in total. The third-order valence-corrected chi connectivity index (χ3v) is 2.57. The molecular formula is C13H9N3O. The van der Waals surface area contributed by atoms with Gasteiger partial charge in [0.1, 0.15) is 12.0 Å². The van der Waals surface area contributed by atoms with Crippen LogP contribution in [0.25, 0.3) is 11.0 Å². The van der Waals surface area contributed by atoms with Gasteiger partial charge in [-0.3, -0.25) is 4.79 Å². The predicted octanol–water partition coefficient (Wildman–Crippen LogP) is 2.19. The molecule has 3 aromatic rings. The van der Waals surface area contributed by atoms with Crippen molar-refractivity contribution in [3.05, 3.63) is 60.2 Å². The zero-order chi connectivity index (χ0) is 11.7. The second-order valence-corrected chi connectivity index (χ2v) is 3.70. The Morgan fingerprint density at radius 1 is 1.18 bits per heavy atom. The Hall–Kier alpha value is -2.49. The van der Waals surface area contributed by atoms with Crippen LogP contribution in [0.15, 0.2) is 48.9 Å². The third kappa shape index (κ3) is 1.69. The van der Waals surface area contributed by atoms with Gasteiger partial charge in [0.25, 0.3) is 0 Å². The second-order valence-electron chi connectivity index (χ2n) is 3.70. The highest BCUT2D eigenvalue weighted by atomic mass is 16.1. The van der Waals surface area contributed by atoms with Crippen molar-refractivity contribution in [2.24, 2.45) is 0 Å². The highest BCUT2D eigenvalue weighted by Gasteiger charge is 2.11. The Morgan fingerprint density at radius 3 is 2.76 bits per heavy atom. The first-order chi connectivity index (χ1) is 8.34. The van der Waals surface area contributed by atoms with Gasteiger partial charge in [0.05, 0.1) is 5.69 Å². The smallest absolute Gasteiger partial charge is 0.209 e. The molecule has 0 unspecified atom stereocenters. The van der Waals surface area contributed by atoms with Crippen LogP contribution in [-0.4, -0.2) is 20.7 Å². The van der Waals surface area contributed by atoms with E-state index in [2.05, 4.69) is 15.0 Å². The van der Waals surface area contributed by atoms with Gasteiger partial charge in [0.15, 0.2) is 0 Å². The zero-order valence-corrected chi connectivity index (χ0v) is 8.92. The van der Waals surface area contributed by atoms with Crippen molar-refractivity contribution in [3.63, 3.8) is 0 Å². The van der Waals surface area contributed by atoms with Crippen molar-refractivity contribution in [2.45, 2.75) is 0 Å². The van der Waals surface area contributed by atoms with Gasteiger partial charge < -0.3 is 4.98 Å². The van der Waals surface area contributed by atoms with Crippen LogP contribution in [0.5, 0.6) is 0 Å². The number of carbonyl (C=O) groups is 1. The molecule has 4 heteroatoms. The van der Waals surface area contributed by atoms with Crippen LogP contribution in [0, 0.1) is 0 Å². The molecule has 2 heterocycles. The van der Waals surface area contributed by atoms with Gasteiger partial charge in [0.2, 0.25) is 5.78 Å². The number of aromatic amines is 1. The largest absolute Gasteiger partial charge is 0.336 e. The van der Waals surface area contributed by atoms with E-state index in [0.717, 1.165) is 5.39 Å². The van der Waals surface area contributed by atoms with E-state index < -0.39 is 0 Å². The SMILES string of the molecule is O=C(c1ccccc1)c1cc2cncnc2[nH]1. The molecule has 82 valence electrons. The topological polar surface area (TPSA) is 58.6 Å². The summed E-state index contributed by atoms with van der Waals surface area (Å²) in [4.78, 5) is 23.1. The number of hydrogen-bond acceptors (Lipinski definition) is 3. The number of carbonyl (C=O) groups excluding carboxylic acids is 1. The van der Waals surface area contributed by atoms with Crippen LogP contribution in [0.4, 0.5) is 0 Å². The Labute approximate surface area is 97.3 Å². The van der Waals surface area contributed by atoms with Crippen LogP contribution >= 0.6 is 0 Å². The maximum absolute atomic E-state index is 12.1. The van der Waals surface area contributed by atoms with Crippen molar-refractivity contribution in [1.82, 2.24) is 15.0 Å². The highest BCUT2D eigenvalue weighted by Crippen LogP contribution is 2.14. The number of benzene rings is 1. The molecule has 2 aromatic heterocycles. The van der Waals surface area contributed by atoms with Crippen LogP contribution in [0.1, 0.15) is 16.1 Å². The average molecular weight is 223 g/mol. The molecule has 0 spiro atoms. The number of fused-ring (bicyclic) bond motifs is 1. The summed E-state index contributed by atoms with van der Waals surface area (Å²) in [6.07, 6.45) is 3.14. The average Bonchev–Trinajstić information content (AvgIpc) is 2.82. The predicted molar refractivity (Wildman–Crippen MR) is 63.8 cm³/mol. The number of rotatable bonds is 2. The Balaban J connectivity index is 2.07. The van der Waals surface area contributed by atoms with E-state index in [-0.39, 0.29) is 5.78 Å². The van der Waals surface area contributed by atoms with Gasteiger partial charge in [-0.15, -0.1) is 0 Å². The lowest BCUT2D eigenvalue weighted by molar-refractivity contribution is 0.103. The summed E-state index contributed by atoms with van der Waals surface area (Å²) in [5.74, 6) is -0.0383. The maximum atomic E-state index is 12.1. The molecule has 17 heavy (non-hydrogen) atoms. The first-order valence-electron chi connectivity index (χ1n) is 5.23. The standard InChI is InChI=1S/C13H9N3O/c17-12(9-4-2-1-3-5-9)11-6-10-7-14-8-15-13(10)16-11/h1-8H,(H,14,15,16). The first-order valence-corrected chi connectivity index (χ1v) is 5.23. The van der Waals surface area contributed by atoms with Crippen molar-refractivity contribution in [3.8, 4) is 0 Å². The molecule has 0 aliphatic rings. The van der Waals surface area contributed by atoms with Crippen LogP contribution in [0.2, 0.25) is 0 Å². The molecular weight excluding hydrogens is 214 g/mol. The molecule has 0 saturated carbocycles. The van der Waals surface area contributed by atoms with Crippen LogP contribution < -0.4 is 0 Å². The van der Waals surface area contributed by atoms with E-state index in [4.69, 9.17) is 0 Å². The number of nitrogens with one attached hydrogen (secondary N) is 1. The number of hydrogen-bond donors (Lipinski definition) is 1. The number of ketones is 1. The summed E-state index contributed by atoms with van der Waals surface area (Å²) in [6.45, 7) is 0. The molecule has 3 rings (SSSR count). The Morgan fingerprint density at radius 2 is 2.00 bits per heavy atom. The Bertz CT molecular complexity index is 640. The molecule has 4 nitrogen and oxygen atoms in total. The van der Waals surface area contributed by atoms with E-state index in [1.807, 2.05) is 18.2 Å². The number of H-pyrrole nitrogens is 1. The van der Waals surface area contributed by atoms with Gasteiger partial charge in [-0.25, -0.2) is 9.97 Å². The Kier molecular flexibility index (Phi) is 2.19. The number of aromatic nitrogens is 3. The van der Waals surface area contributed by atoms with Crippen LogP contribution in [-0.2, 0) is 0 Å². The minimum Gasteiger partial charge on any atom is -0.336 e. The monoisotopic (exact) mass is 223 g/mol. The lowest BCUT2D eigenvalue weighted by atomic mass is 10.1. The van der Waals surface area contributed by atoms with Crippen molar-refractivity contribution in [2.75, 3.05) is 0 Å². The summed E-state index contributed by atoms with van der Waals surface area (Å²) in [6, 6.07) is 10.9. The molecule has 0 atom stereocenters. The summed E-state index contributed by atoms with van der Waals surface area (Å²) in [5, 5.41) is 0.840. The minimum atomic E-state index is -0.0383. The fourth-order valence-corrected chi connectivity index (χ4v) is 1.74. The lowest BCUT2D eigenvalue weighted by Crippen LogP contribution is -2.00. The van der Waals surface area contributed by atoms with E-state index >= 15 is 0 Å². The summed E-state index contributed by atoms with van der Waals surface area (Å²) in [5.41, 5.74) is 1.87. The second kappa shape index (κ2) is 3.83. The van der Waals surface area contributed by atoms with Gasteiger partial charge in [-0.2, -0.15) is 0 Å². The van der Waals surface area contributed by atoms with E-state index in [1.165, 1.54) is 6.33 Å². The molecule has 0 fully saturated rings. The van der Waals surface area contributed by atoms with E-state index in [1.54, 1.807) is 24.4 Å². The van der Waals surface area contributed by atoms with Gasteiger partial charge >= 0.3 is 0 Å². The highest BCUT2D eigenvalue weighted by molar-refractivity contribution is 6.09. The molecule has 0 aliphatic carbocycles. The number of nitrogens with zero attached hydrogens (tertiary/aromatic N) is 2. The molecule has 0 amide bonds. The maximum Gasteiger partial charge on any atom is 0.209 e. The van der Waals surface area contributed by atoms with Crippen molar-refractivity contribution < 1.29 is 4.79 Å². The van der Waals surface area contributed by atoms with Gasteiger partial charge in [-0.05, 0) is 6.07 Å². The summed E-state index contributed by atoms with van der Waals surface area (Å²) in [7, 11) is 0. The minimum absolute atomic E-state index is 0.0383. The fraction of sp³-hybridized carbons (Fsp3) is 0. The fourth-order valence-electron chi connectivity index (χ4n) is 1.74. The quantitative estimate of drug-likeness (QED) is 0.677. The first kappa shape index (κ1) is 9.72.